The van der Waals surface area contributed by atoms with Crippen LogP contribution in [-0.2, 0) is 4.79 Å². The summed E-state index contributed by atoms with van der Waals surface area (Å²) in [7, 11) is 0. The number of hydrogen-bond acceptors (Lipinski definition) is 3. The van der Waals surface area contributed by atoms with Crippen molar-refractivity contribution in [2.24, 2.45) is 5.92 Å². The van der Waals surface area contributed by atoms with E-state index in [0.717, 1.165) is 13.1 Å². The molecule has 1 aliphatic heterocycles. The van der Waals surface area contributed by atoms with Gasteiger partial charge in [0.1, 0.15) is 0 Å². The molecule has 6 nitrogen and oxygen atoms in total. The van der Waals surface area contributed by atoms with Crippen LogP contribution in [0.2, 0.25) is 0 Å². The van der Waals surface area contributed by atoms with Crippen molar-refractivity contribution in [1.82, 2.24) is 15.5 Å². The molecule has 2 amide bonds. The fourth-order valence-corrected chi connectivity index (χ4v) is 2.32. The third kappa shape index (κ3) is 6.23. The first-order valence-electron chi connectivity index (χ1n) is 7.49. The maximum atomic E-state index is 11.6. The van der Waals surface area contributed by atoms with Crippen LogP contribution in [0.5, 0.6) is 0 Å². The van der Waals surface area contributed by atoms with Gasteiger partial charge >= 0.3 is 12.0 Å². The largest absolute Gasteiger partial charge is 0.481 e. The molecule has 0 bridgehead atoms. The SMILES string of the molecule is CC(CCNC(=O)NCC(C)N1CCCCC1)C(=O)O. The minimum atomic E-state index is -0.828. The molecule has 6 heteroatoms. The molecule has 116 valence electrons. The zero-order chi connectivity index (χ0) is 15.0. The zero-order valence-electron chi connectivity index (χ0n) is 12.5. The summed E-state index contributed by atoms with van der Waals surface area (Å²) in [5, 5.41) is 14.3. The van der Waals surface area contributed by atoms with Crippen molar-refractivity contribution in [3.8, 4) is 0 Å². The first kappa shape index (κ1) is 16.8. The number of urea groups is 1. The standard InChI is InChI=1S/C14H27N3O3/c1-11(13(18)19)6-7-15-14(20)16-10-12(2)17-8-4-3-5-9-17/h11-12H,3-10H2,1-2H3,(H,18,19)(H2,15,16,20). The third-order valence-corrected chi connectivity index (χ3v) is 3.86. The monoisotopic (exact) mass is 285 g/mol. The van der Waals surface area contributed by atoms with Crippen molar-refractivity contribution >= 4 is 12.0 Å². The van der Waals surface area contributed by atoms with Crippen LogP contribution >= 0.6 is 0 Å². The van der Waals surface area contributed by atoms with E-state index in [1.165, 1.54) is 19.3 Å². The number of rotatable bonds is 7. The summed E-state index contributed by atoms with van der Waals surface area (Å²) < 4.78 is 0. The average Bonchev–Trinajstić information content (AvgIpc) is 2.45. The van der Waals surface area contributed by atoms with E-state index in [2.05, 4.69) is 22.5 Å². The highest BCUT2D eigenvalue weighted by atomic mass is 16.4. The minimum Gasteiger partial charge on any atom is -0.481 e. The topological polar surface area (TPSA) is 81.7 Å². The number of piperidine rings is 1. The molecule has 1 fully saturated rings. The molecular formula is C14H27N3O3. The van der Waals surface area contributed by atoms with Crippen LogP contribution in [0.15, 0.2) is 0 Å². The van der Waals surface area contributed by atoms with E-state index in [-0.39, 0.29) is 6.03 Å². The molecule has 1 heterocycles. The van der Waals surface area contributed by atoms with Crippen molar-refractivity contribution < 1.29 is 14.7 Å². The molecular weight excluding hydrogens is 258 g/mol. The number of amides is 2. The van der Waals surface area contributed by atoms with Gasteiger partial charge in [-0.25, -0.2) is 4.79 Å². The zero-order valence-corrected chi connectivity index (χ0v) is 12.5. The molecule has 0 aromatic rings. The molecule has 0 radical (unpaired) electrons. The lowest BCUT2D eigenvalue weighted by molar-refractivity contribution is -0.141. The quantitative estimate of drug-likeness (QED) is 0.658. The van der Waals surface area contributed by atoms with Gasteiger partial charge in [-0.3, -0.25) is 9.69 Å². The van der Waals surface area contributed by atoms with Gasteiger partial charge in [0.2, 0.25) is 0 Å². The average molecular weight is 285 g/mol. The van der Waals surface area contributed by atoms with Gasteiger partial charge in [-0.2, -0.15) is 0 Å². The Hall–Kier alpha value is -1.30. The Labute approximate surface area is 120 Å². The van der Waals surface area contributed by atoms with E-state index in [1.807, 2.05) is 0 Å². The Kier molecular flexibility index (Phi) is 7.36. The van der Waals surface area contributed by atoms with Crippen LogP contribution in [-0.4, -0.2) is 54.2 Å². The van der Waals surface area contributed by atoms with Crippen molar-refractivity contribution in [1.29, 1.82) is 0 Å². The number of nitrogens with zero attached hydrogens (tertiary/aromatic N) is 1. The first-order chi connectivity index (χ1) is 9.50. The van der Waals surface area contributed by atoms with Crippen LogP contribution < -0.4 is 10.6 Å². The van der Waals surface area contributed by atoms with Crippen LogP contribution in [0.1, 0.15) is 39.5 Å². The van der Waals surface area contributed by atoms with Crippen molar-refractivity contribution in [2.75, 3.05) is 26.2 Å². The maximum absolute atomic E-state index is 11.6. The molecule has 0 aliphatic carbocycles. The van der Waals surface area contributed by atoms with Gasteiger partial charge in [-0.15, -0.1) is 0 Å². The predicted molar refractivity (Wildman–Crippen MR) is 77.7 cm³/mol. The van der Waals surface area contributed by atoms with Crippen molar-refractivity contribution in [2.45, 2.75) is 45.6 Å². The van der Waals surface area contributed by atoms with E-state index < -0.39 is 11.9 Å². The van der Waals surface area contributed by atoms with Gasteiger partial charge in [0, 0.05) is 19.1 Å². The second-order valence-corrected chi connectivity index (χ2v) is 5.61. The number of hydrogen-bond donors (Lipinski definition) is 3. The van der Waals surface area contributed by atoms with Gasteiger partial charge < -0.3 is 15.7 Å². The smallest absolute Gasteiger partial charge is 0.314 e. The summed E-state index contributed by atoms with van der Waals surface area (Å²) in [6.45, 7) is 7.00. The number of aliphatic carboxylic acids is 1. The molecule has 2 unspecified atom stereocenters. The summed E-state index contributed by atoms with van der Waals surface area (Å²) >= 11 is 0. The Balaban J connectivity index is 2.11. The molecule has 1 saturated heterocycles. The molecule has 0 saturated carbocycles. The van der Waals surface area contributed by atoms with Gasteiger partial charge in [0.15, 0.2) is 0 Å². The Morgan fingerprint density at radius 3 is 2.40 bits per heavy atom. The summed E-state index contributed by atoms with van der Waals surface area (Å²) in [6, 6.07) is 0.130. The van der Waals surface area contributed by atoms with Crippen LogP contribution in [0.25, 0.3) is 0 Å². The number of carboxylic acid groups (broad SMARTS) is 1. The second kappa shape index (κ2) is 8.79. The van der Waals surface area contributed by atoms with E-state index in [9.17, 15) is 9.59 Å². The molecule has 0 aromatic heterocycles. The Morgan fingerprint density at radius 2 is 1.80 bits per heavy atom. The normalized spacial score (nSPS) is 19.1. The highest BCUT2D eigenvalue weighted by Crippen LogP contribution is 2.11. The van der Waals surface area contributed by atoms with Gasteiger partial charge in [0.05, 0.1) is 5.92 Å². The number of nitrogens with one attached hydrogen (secondary N) is 2. The summed E-state index contributed by atoms with van der Waals surface area (Å²) in [4.78, 5) is 24.6. The molecule has 2 atom stereocenters. The summed E-state index contributed by atoms with van der Waals surface area (Å²) in [5.74, 6) is -1.26. The van der Waals surface area contributed by atoms with Gasteiger partial charge in [-0.05, 0) is 39.3 Å². The van der Waals surface area contributed by atoms with E-state index in [4.69, 9.17) is 5.11 Å². The van der Waals surface area contributed by atoms with Gasteiger partial charge in [-0.1, -0.05) is 13.3 Å². The first-order valence-corrected chi connectivity index (χ1v) is 7.49. The van der Waals surface area contributed by atoms with Crippen LogP contribution in [0.4, 0.5) is 4.79 Å². The minimum absolute atomic E-state index is 0.216. The summed E-state index contributed by atoms with van der Waals surface area (Å²) in [5.41, 5.74) is 0. The van der Waals surface area contributed by atoms with Crippen molar-refractivity contribution in [3.63, 3.8) is 0 Å². The molecule has 0 aromatic carbocycles. The van der Waals surface area contributed by atoms with Gasteiger partial charge in [0.25, 0.3) is 0 Å². The fourth-order valence-electron chi connectivity index (χ4n) is 2.32. The van der Waals surface area contributed by atoms with Crippen LogP contribution in [0, 0.1) is 5.92 Å². The molecule has 3 N–H and O–H groups in total. The molecule has 1 aliphatic rings. The molecule has 1 rings (SSSR count). The maximum Gasteiger partial charge on any atom is 0.314 e. The third-order valence-electron chi connectivity index (χ3n) is 3.86. The second-order valence-electron chi connectivity index (χ2n) is 5.61. The lowest BCUT2D eigenvalue weighted by atomic mass is 10.1. The number of likely N-dealkylation sites (tertiary alicyclic amines) is 1. The van der Waals surface area contributed by atoms with E-state index in [1.54, 1.807) is 6.92 Å². The Bertz CT molecular complexity index is 317. The Morgan fingerprint density at radius 1 is 1.15 bits per heavy atom. The highest BCUT2D eigenvalue weighted by molar-refractivity contribution is 5.74. The summed E-state index contributed by atoms with van der Waals surface area (Å²) in [6.07, 6.45) is 4.23. The highest BCUT2D eigenvalue weighted by Gasteiger charge is 2.17. The lowest BCUT2D eigenvalue weighted by Gasteiger charge is -2.32. The predicted octanol–water partition coefficient (Wildman–Crippen LogP) is 1.27. The number of carbonyl (C=O) groups is 2. The number of carbonyl (C=O) groups excluding carboxylic acids is 1. The van der Waals surface area contributed by atoms with E-state index in [0.29, 0.717) is 25.6 Å². The fraction of sp³-hybridized carbons (Fsp3) is 0.857. The molecule has 20 heavy (non-hydrogen) atoms. The lowest BCUT2D eigenvalue weighted by Crippen LogP contribution is -2.47. The van der Waals surface area contributed by atoms with E-state index >= 15 is 0 Å². The van der Waals surface area contributed by atoms with Crippen LogP contribution in [0.3, 0.4) is 0 Å². The number of carboxylic acids is 1. The molecule has 0 spiro atoms. The van der Waals surface area contributed by atoms with Crippen molar-refractivity contribution in [3.05, 3.63) is 0 Å².